The number of thiophene rings is 1. The molecule has 0 unspecified atom stereocenters. The van der Waals surface area contributed by atoms with E-state index in [0.717, 1.165) is 10.7 Å². The normalized spacial score (nSPS) is 10.9. The van der Waals surface area contributed by atoms with Gasteiger partial charge in [0.05, 0.1) is 16.0 Å². The van der Waals surface area contributed by atoms with E-state index in [4.69, 9.17) is 0 Å². The fraction of sp³-hybridized carbons (Fsp3) is 0. The second-order valence-corrected chi connectivity index (χ2v) is 5.35. The zero-order chi connectivity index (χ0) is 12.7. The van der Waals surface area contributed by atoms with Crippen LogP contribution in [-0.2, 0) is 0 Å². The average molecular weight is 323 g/mol. The van der Waals surface area contributed by atoms with Gasteiger partial charge >= 0.3 is 5.97 Å². The van der Waals surface area contributed by atoms with Crippen LogP contribution in [0.1, 0.15) is 10.4 Å². The van der Waals surface area contributed by atoms with Crippen molar-refractivity contribution in [1.82, 2.24) is 9.38 Å². The molecule has 0 saturated heterocycles. The number of halogens is 1. The van der Waals surface area contributed by atoms with Crippen molar-refractivity contribution in [3.8, 4) is 10.7 Å². The minimum Gasteiger partial charge on any atom is -0.478 e. The summed E-state index contributed by atoms with van der Waals surface area (Å²) in [4.78, 5) is 16.6. The van der Waals surface area contributed by atoms with Crippen LogP contribution in [0.25, 0.3) is 16.2 Å². The van der Waals surface area contributed by atoms with Gasteiger partial charge in [0, 0.05) is 6.20 Å². The van der Waals surface area contributed by atoms with Crippen molar-refractivity contribution in [3.63, 3.8) is 0 Å². The Morgan fingerprint density at radius 1 is 1.39 bits per heavy atom. The van der Waals surface area contributed by atoms with Crippen molar-refractivity contribution in [2.24, 2.45) is 0 Å². The van der Waals surface area contributed by atoms with Crippen molar-refractivity contribution < 1.29 is 9.90 Å². The second-order valence-electron chi connectivity index (χ2n) is 3.65. The van der Waals surface area contributed by atoms with Crippen molar-refractivity contribution in [2.75, 3.05) is 0 Å². The number of hydrogen-bond acceptors (Lipinski definition) is 3. The maximum Gasteiger partial charge on any atom is 0.337 e. The lowest BCUT2D eigenvalue weighted by Gasteiger charge is -2.01. The summed E-state index contributed by atoms with van der Waals surface area (Å²) in [5.41, 5.74) is 0.813. The number of rotatable bonds is 2. The number of carboxylic acids is 1. The number of imidazole rings is 1. The van der Waals surface area contributed by atoms with E-state index in [1.165, 1.54) is 0 Å². The highest BCUT2D eigenvalue weighted by molar-refractivity contribution is 9.10. The molecule has 90 valence electrons. The number of carboxylic acid groups (broad SMARTS) is 1. The molecule has 4 nitrogen and oxygen atoms in total. The molecule has 0 fully saturated rings. The van der Waals surface area contributed by atoms with Gasteiger partial charge in [0.1, 0.15) is 4.60 Å². The van der Waals surface area contributed by atoms with E-state index >= 15 is 0 Å². The third kappa shape index (κ3) is 1.65. The fourth-order valence-electron chi connectivity index (χ4n) is 1.85. The predicted octanol–water partition coefficient (Wildman–Crippen LogP) is 3.52. The third-order valence-corrected chi connectivity index (χ3v) is 4.01. The molecule has 0 aliphatic carbocycles. The lowest BCUT2D eigenvalue weighted by atomic mass is 10.2. The molecule has 0 spiro atoms. The van der Waals surface area contributed by atoms with Crippen molar-refractivity contribution >= 4 is 38.8 Å². The van der Waals surface area contributed by atoms with Crippen LogP contribution < -0.4 is 0 Å². The Balaban J connectivity index is 2.38. The standard InChI is InChI=1S/C12H7BrN2O2S/c13-10-9-7(12(16)17)3-1-5-15(9)11(14-10)8-4-2-6-18-8/h1-6H,(H,16,17). The molecule has 0 saturated carbocycles. The second kappa shape index (κ2) is 4.22. The summed E-state index contributed by atoms with van der Waals surface area (Å²) in [5.74, 6) is -0.214. The molecule has 3 aromatic rings. The molecule has 0 aromatic carbocycles. The molecule has 3 heterocycles. The first-order valence-electron chi connectivity index (χ1n) is 5.12. The van der Waals surface area contributed by atoms with Gasteiger partial charge in [-0.3, -0.25) is 4.40 Å². The molecule has 0 amide bonds. The highest BCUT2D eigenvalue weighted by Crippen LogP contribution is 2.30. The summed E-state index contributed by atoms with van der Waals surface area (Å²) in [6.07, 6.45) is 1.81. The molecule has 6 heteroatoms. The molecule has 0 radical (unpaired) electrons. The Kier molecular flexibility index (Phi) is 2.68. The predicted molar refractivity (Wildman–Crippen MR) is 73.2 cm³/mol. The number of pyridine rings is 1. The van der Waals surface area contributed by atoms with Gasteiger partial charge < -0.3 is 5.11 Å². The average Bonchev–Trinajstić information content (AvgIpc) is 2.97. The molecule has 0 atom stereocenters. The number of carbonyl (C=O) groups is 1. The Bertz CT molecular complexity index is 734. The van der Waals surface area contributed by atoms with Crippen LogP contribution in [0.15, 0.2) is 40.4 Å². The van der Waals surface area contributed by atoms with Gasteiger partial charge in [0.25, 0.3) is 0 Å². The highest BCUT2D eigenvalue weighted by atomic mass is 79.9. The first kappa shape index (κ1) is 11.4. The van der Waals surface area contributed by atoms with Gasteiger partial charge in [-0.05, 0) is 39.5 Å². The summed E-state index contributed by atoms with van der Waals surface area (Å²) >= 11 is 4.90. The van der Waals surface area contributed by atoms with Crippen molar-refractivity contribution in [2.45, 2.75) is 0 Å². The van der Waals surface area contributed by atoms with E-state index in [-0.39, 0.29) is 5.56 Å². The monoisotopic (exact) mass is 322 g/mol. The van der Waals surface area contributed by atoms with Crippen LogP contribution in [0, 0.1) is 0 Å². The van der Waals surface area contributed by atoms with Gasteiger partial charge in [0.15, 0.2) is 5.82 Å². The van der Waals surface area contributed by atoms with Crippen LogP contribution in [0.2, 0.25) is 0 Å². The Hall–Kier alpha value is -1.66. The minimum absolute atomic E-state index is 0.236. The SMILES string of the molecule is O=C(O)c1cccn2c(-c3cccs3)nc(Br)c12. The van der Waals surface area contributed by atoms with E-state index in [1.54, 1.807) is 27.9 Å². The smallest absolute Gasteiger partial charge is 0.337 e. The van der Waals surface area contributed by atoms with Crippen LogP contribution in [0.5, 0.6) is 0 Å². The summed E-state index contributed by atoms with van der Waals surface area (Å²) in [5, 5.41) is 11.2. The number of hydrogen-bond donors (Lipinski definition) is 1. The summed E-state index contributed by atoms with van der Waals surface area (Å²) in [6.45, 7) is 0. The Labute approximate surface area is 115 Å². The largest absolute Gasteiger partial charge is 0.478 e. The van der Waals surface area contributed by atoms with E-state index in [2.05, 4.69) is 20.9 Å². The summed E-state index contributed by atoms with van der Waals surface area (Å²) in [7, 11) is 0. The van der Waals surface area contributed by atoms with Gasteiger partial charge in [-0.25, -0.2) is 9.78 Å². The van der Waals surface area contributed by atoms with Gasteiger partial charge in [-0.2, -0.15) is 0 Å². The zero-order valence-electron chi connectivity index (χ0n) is 9.00. The topological polar surface area (TPSA) is 54.6 Å². The number of fused-ring (bicyclic) bond motifs is 1. The number of aromatic carboxylic acids is 1. The van der Waals surface area contributed by atoms with E-state index in [9.17, 15) is 9.90 Å². The highest BCUT2D eigenvalue weighted by Gasteiger charge is 2.17. The first-order valence-corrected chi connectivity index (χ1v) is 6.79. The maximum absolute atomic E-state index is 11.2. The van der Waals surface area contributed by atoms with Crippen molar-refractivity contribution in [3.05, 3.63) is 46.0 Å². The molecule has 0 bridgehead atoms. The van der Waals surface area contributed by atoms with E-state index in [1.807, 2.05) is 23.7 Å². The lowest BCUT2D eigenvalue weighted by molar-refractivity contribution is 0.0698. The van der Waals surface area contributed by atoms with Crippen LogP contribution in [0.3, 0.4) is 0 Å². The fourth-order valence-corrected chi connectivity index (χ4v) is 3.13. The van der Waals surface area contributed by atoms with E-state index in [0.29, 0.717) is 10.1 Å². The molecule has 3 rings (SSSR count). The number of aromatic nitrogens is 2. The molecule has 3 aromatic heterocycles. The minimum atomic E-state index is -0.959. The number of nitrogens with zero attached hydrogens (tertiary/aromatic N) is 2. The van der Waals surface area contributed by atoms with Crippen LogP contribution in [-0.4, -0.2) is 20.5 Å². The van der Waals surface area contributed by atoms with Gasteiger partial charge in [-0.15, -0.1) is 11.3 Å². The van der Waals surface area contributed by atoms with Gasteiger partial charge in [0.2, 0.25) is 0 Å². The Morgan fingerprint density at radius 3 is 2.89 bits per heavy atom. The molecule has 0 aliphatic rings. The lowest BCUT2D eigenvalue weighted by Crippen LogP contribution is -2.00. The first-order chi connectivity index (χ1) is 8.68. The van der Waals surface area contributed by atoms with Crippen molar-refractivity contribution in [1.29, 1.82) is 0 Å². The Morgan fingerprint density at radius 2 is 2.22 bits per heavy atom. The third-order valence-electron chi connectivity index (χ3n) is 2.59. The molecular formula is C12H7BrN2O2S. The zero-order valence-corrected chi connectivity index (χ0v) is 11.4. The molecule has 18 heavy (non-hydrogen) atoms. The van der Waals surface area contributed by atoms with Gasteiger partial charge in [-0.1, -0.05) is 6.07 Å². The quantitative estimate of drug-likeness (QED) is 0.785. The van der Waals surface area contributed by atoms with Crippen LogP contribution >= 0.6 is 27.3 Å². The van der Waals surface area contributed by atoms with Crippen LogP contribution in [0.4, 0.5) is 0 Å². The molecular weight excluding hydrogens is 316 g/mol. The van der Waals surface area contributed by atoms with E-state index < -0.39 is 5.97 Å². The maximum atomic E-state index is 11.2. The molecule has 0 aliphatic heterocycles. The summed E-state index contributed by atoms with van der Waals surface area (Å²) in [6, 6.07) is 7.18. The summed E-state index contributed by atoms with van der Waals surface area (Å²) < 4.78 is 2.34. The molecule has 1 N–H and O–H groups in total.